The first-order valence-electron chi connectivity index (χ1n) is 21.3. The number of Topliss-reactive ketones (excluding diaryl/α,β-unsaturated/α-hetero) is 2. The van der Waals surface area contributed by atoms with Crippen LogP contribution in [-0.2, 0) is 9.59 Å². The van der Waals surface area contributed by atoms with Gasteiger partial charge in [-0.15, -0.1) is 20.5 Å². The number of allylic oxidation sites excluding steroid dienone is 10. The molecule has 0 atom stereocenters. The minimum Gasteiger partial charge on any atom is -0.289 e. The number of carbonyl (C=O) groups excluding carboxylic acids is 2. The summed E-state index contributed by atoms with van der Waals surface area (Å²) in [5, 5.41) is 23.9. The van der Waals surface area contributed by atoms with Crippen LogP contribution in [0, 0.1) is 21.7 Å². The highest BCUT2D eigenvalue weighted by Gasteiger charge is 2.36. The minimum absolute atomic E-state index is 0.0244. The van der Waals surface area contributed by atoms with Gasteiger partial charge in [0.1, 0.15) is 11.4 Å². The van der Waals surface area contributed by atoms with Gasteiger partial charge in [0, 0.05) is 44.2 Å². The van der Waals surface area contributed by atoms with E-state index in [0.717, 1.165) is 32.7 Å². The summed E-state index contributed by atoms with van der Waals surface area (Å²) in [6.45, 7) is 24.7. The average molecular weight is 820 g/mol. The Balaban J connectivity index is 1.53. The summed E-state index contributed by atoms with van der Waals surface area (Å²) in [6.07, 6.45) is 7.80. The second-order valence-corrected chi connectivity index (χ2v) is 20.3. The third-order valence-electron chi connectivity index (χ3n) is 11.2. The number of rotatable bonds is 6. The third-order valence-corrected chi connectivity index (χ3v) is 11.2. The molecule has 0 spiro atoms. The van der Waals surface area contributed by atoms with Gasteiger partial charge < -0.3 is 0 Å². The van der Waals surface area contributed by atoms with Crippen molar-refractivity contribution in [1.82, 2.24) is 4.98 Å². The molecule has 4 aromatic carbocycles. The molecule has 0 amide bonds. The number of benzene rings is 4. The smallest absolute Gasteiger partial charge is 0.186 e. The molecule has 0 saturated heterocycles. The van der Waals surface area contributed by atoms with E-state index in [2.05, 4.69) is 107 Å². The van der Waals surface area contributed by atoms with E-state index < -0.39 is 21.7 Å². The first-order valence-corrected chi connectivity index (χ1v) is 21.3. The number of pyridine rings is 1. The van der Waals surface area contributed by atoms with Crippen molar-refractivity contribution in [3.05, 3.63) is 172 Å². The fourth-order valence-corrected chi connectivity index (χ4v) is 7.77. The van der Waals surface area contributed by atoms with Crippen molar-refractivity contribution in [2.45, 2.75) is 83.1 Å². The van der Waals surface area contributed by atoms with E-state index in [1.54, 1.807) is 0 Å². The summed E-state index contributed by atoms with van der Waals surface area (Å²) in [6, 6.07) is 33.9. The highest BCUT2D eigenvalue weighted by molar-refractivity contribution is 6.13. The van der Waals surface area contributed by atoms with Gasteiger partial charge in [0.05, 0.1) is 22.8 Å². The quantitative estimate of drug-likeness (QED) is 0.160. The van der Waals surface area contributed by atoms with Crippen molar-refractivity contribution in [1.29, 1.82) is 0 Å². The molecule has 7 nitrogen and oxygen atoms in total. The van der Waals surface area contributed by atoms with Gasteiger partial charge in [-0.2, -0.15) is 0 Å². The predicted molar refractivity (Wildman–Crippen MR) is 255 cm³/mol. The zero-order valence-electron chi connectivity index (χ0n) is 38.2. The highest BCUT2D eigenvalue weighted by atomic mass is 16.1. The zero-order chi connectivity index (χ0) is 44.8. The van der Waals surface area contributed by atoms with Crippen LogP contribution >= 0.6 is 0 Å². The molecule has 0 aliphatic heterocycles. The SMILES string of the molecule is CC(C)(C)C1=CC(=C(/N=N/c2cccc3ccccc23)c2cccc(C(/N=N/c3cccc4ccccc34)=C3C=C(C(C)(C)C)C(=O)C(C(C)(C)C)=C3)n2)C=C(C(C)(C)C)C1=O. The van der Waals surface area contributed by atoms with Gasteiger partial charge in [0.2, 0.25) is 0 Å². The predicted octanol–water partition coefficient (Wildman–Crippen LogP) is 15.4. The summed E-state index contributed by atoms with van der Waals surface area (Å²) < 4.78 is 0. The lowest BCUT2D eigenvalue weighted by Gasteiger charge is -2.31. The fraction of sp³-hybridized carbons (Fsp3) is 0.291. The Morgan fingerprint density at radius 1 is 0.403 bits per heavy atom. The van der Waals surface area contributed by atoms with E-state index in [1.807, 2.05) is 103 Å². The largest absolute Gasteiger partial charge is 0.289 e. The molecule has 2 aliphatic rings. The Hall–Kier alpha value is -6.47. The molecule has 7 rings (SSSR count). The van der Waals surface area contributed by atoms with Crippen LogP contribution in [0.3, 0.4) is 0 Å². The molecule has 0 unspecified atom stereocenters. The van der Waals surface area contributed by atoms with Crippen LogP contribution in [0.25, 0.3) is 32.9 Å². The first kappa shape index (κ1) is 43.6. The number of ketones is 2. The fourth-order valence-electron chi connectivity index (χ4n) is 7.77. The van der Waals surface area contributed by atoms with Gasteiger partial charge in [0.25, 0.3) is 0 Å². The number of aromatic nitrogens is 1. The molecule has 0 radical (unpaired) electrons. The number of carbonyl (C=O) groups is 2. The first-order chi connectivity index (χ1) is 29.1. The summed E-state index contributed by atoms with van der Waals surface area (Å²) in [4.78, 5) is 33.7. The molecule has 0 fully saturated rings. The van der Waals surface area contributed by atoms with E-state index >= 15 is 0 Å². The van der Waals surface area contributed by atoms with E-state index in [9.17, 15) is 9.59 Å². The van der Waals surface area contributed by atoms with Gasteiger partial charge >= 0.3 is 0 Å². The van der Waals surface area contributed by atoms with Crippen molar-refractivity contribution in [2.24, 2.45) is 42.1 Å². The van der Waals surface area contributed by atoms with Crippen LogP contribution < -0.4 is 0 Å². The molecular formula is C55H57N5O2. The van der Waals surface area contributed by atoms with E-state index in [1.165, 1.54) is 0 Å². The lowest BCUT2D eigenvalue weighted by molar-refractivity contribution is -0.114. The Morgan fingerprint density at radius 3 is 1.05 bits per heavy atom. The Kier molecular flexibility index (Phi) is 11.6. The molecule has 0 N–H and O–H groups in total. The molecule has 5 aromatic rings. The Morgan fingerprint density at radius 2 is 0.710 bits per heavy atom. The lowest BCUT2D eigenvalue weighted by atomic mass is 9.71. The summed E-state index contributed by atoms with van der Waals surface area (Å²) >= 11 is 0. The van der Waals surface area contributed by atoms with E-state index in [0.29, 0.717) is 56.4 Å². The summed E-state index contributed by atoms with van der Waals surface area (Å²) in [5.41, 5.74) is 5.90. The molecule has 1 aromatic heterocycles. The minimum atomic E-state index is -0.452. The number of hydrogen-bond acceptors (Lipinski definition) is 7. The van der Waals surface area contributed by atoms with E-state index in [4.69, 9.17) is 25.4 Å². The van der Waals surface area contributed by atoms with Gasteiger partial charge in [-0.3, -0.25) is 9.59 Å². The third kappa shape index (κ3) is 9.08. The maximum atomic E-state index is 14.2. The summed E-state index contributed by atoms with van der Waals surface area (Å²) in [5.74, 6) is 0.0489. The average Bonchev–Trinajstić information content (AvgIpc) is 3.20. The molecular weight excluding hydrogens is 763 g/mol. The Labute approximate surface area is 366 Å². The second-order valence-electron chi connectivity index (χ2n) is 20.3. The van der Waals surface area contributed by atoms with E-state index in [-0.39, 0.29) is 11.6 Å². The standard InChI is InChI=1S/C55H57N5O2/c1-52(2,3)40-30-36(31-41(50(40)61)53(4,5)6)48(59-57-44-26-17-22-34-20-13-15-24-38(34)44)46-28-19-29-47(56-46)49(60-58-45-27-18-23-35-21-14-16-25-39(35)45)37-32-42(54(7,8)9)51(62)43(33-37)55(10,11)12/h13-33H,1-12H3/b59-57+,60-58+. The molecule has 1 heterocycles. The maximum Gasteiger partial charge on any atom is 0.186 e. The van der Waals surface area contributed by atoms with Crippen LogP contribution in [0.5, 0.6) is 0 Å². The zero-order valence-corrected chi connectivity index (χ0v) is 38.2. The normalized spacial score (nSPS) is 15.7. The van der Waals surface area contributed by atoms with Crippen molar-refractivity contribution in [2.75, 3.05) is 0 Å². The van der Waals surface area contributed by atoms with Gasteiger partial charge in [-0.1, -0.05) is 162 Å². The van der Waals surface area contributed by atoms with Gasteiger partial charge in [-0.05, 0) is 81.0 Å². The number of fused-ring (bicyclic) bond motifs is 2. The van der Waals surface area contributed by atoms with Gasteiger partial charge in [-0.25, -0.2) is 4.98 Å². The van der Waals surface area contributed by atoms with Crippen LogP contribution in [0.15, 0.2) is 181 Å². The van der Waals surface area contributed by atoms with Crippen molar-refractivity contribution < 1.29 is 9.59 Å². The van der Waals surface area contributed by atoms with Crippen molar-refractivity contribution in [3.63, 3.8) is 0 Å². The molecule has 0 bridgehead atoms. The molecule has 7 heteroatoms. The van der Waals surface area contributed by atoms with Crippen LogP contribution in [0.1, 0.15) is 94.5 Å². The molecule has 2 aliphatic carbocycles. The number of azo groups is 2. The van der Waals surface area contributed by atoms with Gasteiger partial charge in [0.15, 0.2) is 11.6 Å². The molecule has 0 saturated carbocycles. The van der Waals surface area contributed by atoms with Crippen molar-refractivity contribution in [3.8, 4) is 0 Å². The topological polar surface area (TPSA) is 96.5 Å². The highest BCUT2D eigenvalue weighted by Crippen LogP contribution is 2.43. The maximum absolute atomic E-state index is 14.2. The second kappa shape index (κ2) is 16.4. The number of hydrogen-bond donors (Lipinski definition) is 0. The molecule has 314 valence electrons. The lowest BCUT2D eigenvalue weighted by Crippen LogP contribution is -2.28. The number of nitrogens with zero attached hydrogens (tertiary/aromatic N) is 5. The monoisotopic (exact) mass is 819 g/mol. The Bertz CT molecular complexity index is 2620. The van der Waals surface area contributed by atoms with Crippen LogP contribution in [0.4, 0.5) is 11.4 Å². The molecule has 62 heavy (non-hydrogen) atoms. The van der Waals surface area contributed by atoms with Crippen LogP contribution in [0.2, 0.25) is 0 Å². The van der Waals surface area contributed by atoms with Crippen LogP contribution in [-0.4, -0.2) is 16.6 Å². The van der Waals surface area contributed by atoms with Crippen molar-refractivity contribution >= 4 is 55.9 Å². The summed E-state index contributed by atoms with van der Waals surface area (Å²) in [7, 11) is 0.